The predicted molar refractivity (Wildman–Crippen MR) is 124 cm³/mol. The highest BCUT2D eigenvalue weighted by atomic mass is 16.5. The molecule has 3 N–H and O–H groups in total. The molecule has 0 spiro atoms. The Morgan fingerprint density at radius 1 is 1.06 bits per heavy atom. The minimum absolute atomic E-state index is 0.207. The molecule has 0 unspecified atom stereocenters. The molecule has 32 heavy (non-hydrogen) atoms. The maximum absolute atomic E-state index is 12.5. The van der Waals surface area contributed by atoms with Gasteiger partial charge < -0.3 is 20.3 Å². The van der Waals surface area contributed by atoms with Crippen LogP contribution in [0, 0.1) is 0 Å². The van der Waals surface area contributed by atoms with Crippen LogP contribution in [-0.2, 0) is 0 Å². The van der Waals surface area contributed by atoms with Crippen molar-refractivity contribution in [2.75, 3.05) is 42.8 Å². The van der Waals surface area contributed by atoms with Gasteiger partial charge in [-0.15, -0.1) is 0 Å². The zero-order chi connectivity index (χ0) is 22.8. The quantitative estimate of drug-likeness (QED) is 0.446. The average Bonchev–Trinajstić information content (AvgIpc) is 2.83. The number of anilines is 3. The highest BCUT2D eigenvalue weighted by Crippen LogP contribution is 2.25. The largest absolute Gasteiger partial charge is 0.495 e. The molecule has 0 saturated heterocycles. The maximum atomic E-state index is 12.5. The molecule has 9 nitrogen and oxygen atoms in total. The van der Waals surface area contributed by atoms with Crippen molar-refractivity contribution in [3.8, 4) is 5.75 Å². The molecule has 0 bridgehead atoms. The lowest BCUT2D eigenvalue weighted by Crippen LogP contribution is -2.28. The van der Waals surface area contributed by atoms with Crippen LogP contribution in [0.1, 0.15) is 16.8 Å². The van der Waals surface area contributed by atoms with E-state index < -0.39 is 6.03 Å². The molecule has 3 amide bonds. The molecule has 0 fully saturated rings. The second kappa shape index (κ2) is 11.3. The standard InChI is InChI=1S/C23H26N6O3/c1-29(18-7-4-3-5-8-18)14-6-11-26-22(30)17-9-10-19(20(15-17)32-2)27-23(31)28-21-16-24-12-13-25-21/h3-5,7-10,12-13,15-16H,6,11,14H2,1-2H3,(H,26,30)(H2,25,27,28,31). The van der Waals surface area contributed by atoms with Crippen LogP contribution in [0.5, 0.6) is 5.75 Å². The van der Waals surface area contributed by atoms with E-state index in [1.165, 1.54) is 25.7 Å². The number of benzene rings is 2. The smallest absolute Gasteiger partial charge is 0.324 e. The summed E-state index contributed by atoms with van der Waals surface area (Å²) in [6.07, 6.45) is 5.22. The number of hydrogen-bond acceptors (Lipinski definition) is 6. The monoisotopic (exact) mass is 434 g/mol. The van der Waals surface area contributed by atoms with Gasteiger partial charge in [-0.25, -0.2) is 9.78 Å². The number of rotatable bonds is 9. The third kappa shape index (κ3) is 6.43. The zero-order valence-electron chi connectivity index (χ0n) is 18.0. The highest BCUT2D eigenvalue weighted by molar-refractivity contribution is 6.01. The molecule has 2 aromatic carbocycles. The van der Waals surface area contributed by atoms with Gasteiger partial charge in [0.1, 0.15) is 5.75 Å². The summed E-state index contributed by atoms with van der Waals surface area (Å²) in [5, 5.41) is 8.16. The third-order valence-electron chi connectivity index (χ3n) is 4.67. The average molecular weight is 435 g/mol. The van der Waals surface area contributed by atoms with Crippen molar-refractivity contribution in [1.82, 2.24) is 15.3 Å². The topological polar surface area (TPSA) is 108 Å². The van der Waals surface area contributed by atoms with Crippen molar-refractivity contribution in [2.24, 2.45) is 0 Å². The van der Waals surface area contributed by atoms with Gasteiger partial charge in [-0.05, 0) is 36.8 Å². The van der Waals surface area contributed by atoms with Gasteiger partial charge in [0.15, 0.2) is 5.82 Å². The lowest BCUT2D eigenvalue weighted by atomic mass is 10.1. The number of nitrogens with one attached hydrogen (secondary N) is 3. The zero-order valence-corrected chi connectivity index (χ0v) is 18.0. The SMILES string of the molecule is COc1cc(C(=O)NCCCN(C)c2ccccc2)ccc1NC(=O)Nc1cnccn1. The number of methoxy groups -OCH3 is 1. The Hall–Kier alpha value is -4.14. The van der Waals surface area contributed by atoms with E-state index in [2.05, 4.69) is 30.8 Å². The van der Waals surface area contributed by atoms with Crippen LogP contribution >= 0.6 is 0 Å². The lowest BCUT2D eigenvalue weighted by Gasteiger charge is -2.19. The Morgan fingerprint density at radius 3 is 2.59 bits per heavy atom. The van der Waals surface area contributed by atoms with E-state index in [0.717, 1.165) is 18.7 Å². The van der Waals surface area contributed by atoms with Gasteiger partial charge in [0.25, 0.3) is 5.91 Å². The molecule has 0 radical (unpaired) electrons. The molecule has 1 aromatic heterocycles. The Kier molecular flexibility index (Phi) is 7.96. The van der Waals surface area contributed by atoms with Crippen LogP contribution in [0.4, 0.5) is 22.0 Å². The van der Waals surface area contributed by atoms with Crippen LogP contribution in [-0.4, -0.2) is 49.2 Å². The summed E-state index contributed by atoms with van der Waals surface area (Å²) in [4.78, 5) is 34.7. The third-order valence-corrected chi connectivity index (χ3v) is 4.67. The van der Waals surface area contributed by atoms with Gasteiger partial charge >= 0.3 is 6.03 Å². The number of nitrogens with zero attached hydrogens (tertiary/aromatic N) is 3. The van der Waals surface area contributed by atoms with E-state index in [9.17, 15) is 9.59 Å². The number of aromatic nitrogens is 2. The second-order valence-electron chi connectivity index (χ2n) is 6.95. The van der Waals surface area contributed by atoms with E-state index in [0.29, 0.717) is 29.4 Å². The van der Waals surface area contributed by atoms with Gasteiger partial charge in [-0.3, -0.25) is 15.1 Å². The first kappa shape index (κ1) is 22.5. The number of carbonyl (C=O) groups excluding carboxylic acids is 2. The van der Waals surface area contributed by atoms with Gasteiger partial charge in [0, 0.05) is 43.8 Å². The maximum Gasteiger partial charge on any atom is 0.324 e. The van der Waals surface area contributed by atoms with Crippen LogP contribution in [0.15, 0.2) is 67.1 Å². The Balaban J connectivity index is 1.50. The minimum Gasteiger partial charge on any atom is -0.495 e. The highest BCUT2D eigenvalue weighted by Gasteiger charge is 2.13. The molecule has 0 aliphatic rings. The molecule has 0 saturated carbocycles. The number of amides is 3. The summed E-state index contributed by atoms with van der Waals surface area (Å²) in [5.74, 6) is 0.481. The number of ether oxygens (including phenoxy) is 1. The number of carbonyl (C=O) groups is 2. The molecule has 0 aliphatic heterocycles. The minimum atomic E-state index is -0.497. The van der Waals surface area contributed by atoms with Crippen molar-refractivity contribution in [3.05, 3.63) is 72.7 Å². The Labute approximate surface area is 186 Å². The molecule has 9 heteroatoms. The molecule has 0 aliphatic carbocycles. The Bertz CT molecular complexity index is 1030. The van der Waals surface area contributed by atoms with E-state index in [-0.39, 0.29) is 5.91 Å². The number of hydrogen-bond donors (Lipinski definition) is 3. The molecule has 166 valence electrons. The number of urea groups is 1. The van der Waals surface area contributed by atoms with E-state index in [4.69, 9.17) is 4.74 Å². The first-order valence-electron chi connectivity index (χ1n) is 10.1. The number of para-hydroxylation sites is 1. The summed E-state index contributed by atoms with van der Waals surface area (Å²) in [7, 11) is 3.50. The second-order valence-corrected chi connectivity index (χ2v) is 6.95. The van der Waals surface area contributed by atoms with Gasteiger partial charge in [-0.2, -0.15) is 0 Å². The van der Waals surface area contributed by atoms with Gasteiger partial charge in [0.05, 0.1) is 19.0 Å². The van der Waals surface area contributed by atoms with Crippen molar-refractivity contribution < 1.29 is 14.3 Å². The van der Waals surface area contributed by atoms with Crippen molar-refractivity contribution in [1.29, 1.82) is 0 Å². The summed E-state index contributed by atoms with van der Waals surface area (Å²) in [5.41, 5.74) is 2.00. The lowest BCUT2D eigenvalue weighted by molar-refractivity contribution is 0.0953. The van der Waals surface area contributed by atoms with Crippen LogP contribution in [0.2, 0.25) is 0 Å². The van der Waals surface area contributed by atoms with Crippen LogP contribution in [0.25, 0.3) is 0 Å². The molecular formula is C23H26N6O3. The van der Waals surface area contributed by atoms with Crippen LogP contribution < -0.4 is 25.6 Å². The van der Waals surface area contributed by atoms with Crippen molar-refractivity contribution >= 4 is 29.1 Å². The summed E-state index contributed by atoms with van der Waals surface area (Å²) in [6.45, 7) is 1.36. The van der Waals surface area contributed by atoms with Crippen molar-refractivity contribution in [2.45, 2.75) is 6.42 Å². The van der Waals surface area contributed by atoms with Crippen molar-refractivity contribution in [3.63, 3.8) is 0 Å². The predicted octanol–water partition coefficient (Wildman–Crippen LogP) is 3.39. The van der Waals surface area contributed by atoms with E-state index in [1.807, 2.05) is 37.4 Å². The van der Waals surface area contributed by atoms with Crippen LogP contribution in [0.3, 0.4) is 0 Å². The fourth-order valence-corrected chi connectivity index (χ4v) is 3.00. The molecule has 3 rings (SSSR count). The van der Waals surface area contributed by atoms with E-state index >= 15 is 0 Å². The fourth-order valence-electron chi connectivity index (χ4n) is 3.00. The summed E-state index contributed by atoms with van der Waals surface area (Å²) >= 11 is 0. The summed E-state index contributed by atoms with van der Waals surface area (Å²) < 4.78 is 5.34. The molecule has 0 atom stereocenters. The molecule has 3 aromatic rings. The Morgan fingerprint density at radius 2 is 1.88 bits per heavy atom. The first-order valence-corrected chi connectivity index (χ1v) is 10.1. The summed E-state index contributed by atoms with van der Waals surface area (Å²) in [6, 6.07) is 14.4. The molecule has 1 heterocycles. The van der Waals surface area contributed by atoms with Gasteiger partial charge in [-0.1, -0.05) is 18.2 Å². The normalized spacial score (nSPS) is 10.2. The molecular weight excluding hydrogens is 408 g/mol. The fraction of sp³-hybridized carbons (Fsp3) is 0.217. The van der Waals surface area contributed by atoms with Gasteiger partial charge in [0.2, 0.25) is 0 Å². The first-order chi connectivity index (χ1) is 15.6. The van der Waals surface area contributed by atoms with E-state index in [1.54, 1.807) is 18.2 Å².